The number of hydrogen-bond acceptors (Lipinski definition) is 9. The molecule has 208 valence electrons. The second kappa shape index (κ2) is 13.6. The molecular formula is C28H43NO8. The smallest absolute Gasteiger partial charge is 0.323 e. The molecule has 0 heterocycles. The number of hydrogen-bond donors (Lipinski definition) is 1. The average molecular weight is 522 g/mol. The Labute approximate surface area is 220 Å². The predicted molar refractivity (Wildman–Crippen MR) is 139 cm³/mol. The summed E-state index contributed by atoms with van der Waals surface area (Å²) in [5.74, 6) is -1.82. The van der Waals surface area contributed by atoms with Crippen LogP contribution < -0.4 is 15.2 Å². The van der Waals surface area contributed by atoms with Crippen LogP contribution >= 0.6 is 0 Å². The lowest BCUT2D eigenvalue weighted by Crippen LogP contribution is -2.39. The summed E-state index contributed by atoms with van der Waals surface area (Å²) in [6, 6.07) is 3.66. The molecule has 0 amide bonds. The minimum atomic E-state index is -1.02. The molecule has 0 aliphatic rings. The summed E-state index contributed by atoms with van der Waals surface area (Å²) in [5, 5.41) is 0. The van der Waals surface area contributed by atoms with Crippen LogP contribution in [0.2, 0.25) is 0 Å². The van der Waals surface area contributed by atoms with Crippen LogP contribution in [0.25, 0.3) is 0 Å². The third-order valence-corrected chi connectivity index (χ3v) is 5.13. The molecule has 3 atom stereocenters. The molecule has 9 heteroatoms. The van der Waals surface area contributed by atoms with Crippen molar-refractivity contribution in [1.29, 1.82) is 0 Å². The first kappa shape index (κ1) is 32.1. The maximum Gasteiger partial charge on any atom is 0.323 e. The molecule has 0 aliphatic carbocycles. The fourth-order valence-electron chi connectivity index (χ4n) is 3.12. The van der Waals surface area contributed by atoms with Gasteiger partial charge in [0.05, 0.1) is 12.8 Å². The van der Waals surface area contributed by atoms with E-state index in [4.69, 9.17) is 24.7 Å². The Morgan fingerprint density at radius 2 is 1.27 bits per heavy atom. The molecule has 0 unspecified atom stereocenters. The minimum Gasteiger partial charge on any atom is -0.459 e. The average Bonchev–Trinajstić information content (AvgIpc) is 2.72. The lowest BCUT2D eigenvalue weighted by Gasteiger charge is -2.22. The molecule has 0 radical (unpaired) electrons. The molecule has 0 saturated carbocycles. The molecule has 2 N–H and O–H groups in total. The van der Waals surface area contributed by atoms with E-state index in [1.54, 1.807) is 26.8 Å². The van der Waals surface area contributed by atoms with E-state index in [1.165, 1.54) is 12.1 Å². The van der Waals surface area contributed by atoms with Gasteiger partial charge in [-0.2, -0.15) is 0 Å². The van der Waals surface area contributed by atoms with E-state index in [-0.39, 0.29) is 48.0 Å². The molecule has 9 nitrogen and oxygen atoms in total. The van der Waals surface area contributed by atoms with Gasteiger partial charge in [-0.1, -0.05) is 54.5 Å². The lowest BCUT2D eigenvalue weighted by atomic mass is 9.92. The summed E-state index contributed by atoms with van der Waals surface area (Å²) in [6.45, 7) is 16.4. The predicted octanol–water partition coefficient (Wildman–Crippen LogP) is 4.51. The van der Waals surface area contributed by atoms with Gasteiger partial charge in [-0.05, 0) is 48.8 Å². The van der Waals surface area contributed by atoms with Crippen molar-refractivity contribution in [2.45, 2.75) is 106 Å². The molecule has 0 aromatic heterocycles. The fraction of sp³-hybridized carbons (Fsp3) is 0.643. The summed E-state index contributed by atoms with van der Waals surface area (Å²) in [6.07, 6.45) is -0.696. The van der Waals surface area contributed by atoms with E-state index in [2.05, 4.69) is 0 Å². The zero-order valence-corrected chi connectivity index (χ0v) is 23.6. The second-order valence-corrected chi connectivity index (χ2v) is 11.7. The Morgan fingerprint density at radius 1 is 0.784 bits per heavy atom. The zero-order chi connectivity index (χ0) is 28.6. The fourth-order valence-corrected chi connectivity index (χ4v) is 3.12. The molecule has 37 heavy (non-hydrogen) atoms. The highest BCUT2D eigenvalue weighted by Crippen LogP contribution is 2.32. The number of ether oxygens (including phenoxy) is 4. The van der Waals surface area contributed by atoms with Crippen molar-refractivity contribution in [2.75, 3.05) is 0 Å². The normalized spacial score (nSPS) is 14.2. The first-order valence-corrected chi connectivity index (χ1v) is 12.6. The van der Waals surface area contributed by atoms with Gasteiger partial charge in [0.2, 0.25) is 0 Å². The highest BCUT2D eigenvalue weighted by molar-refractivity contribution is 5.78. The topological polar surface area (TPSA) is 131 Å². The molecule has 0 saturated heterocycles. The zero-order valence-electron chi connectivity index (χ0n) is 23.6. The van der Waals surface area contributed by atoms with Gasteiger partial charge < -0.3 is 24.7 Å². The number of benzene rings is 1. The van der Waals surface area contributed by atoms with Crippen LogP contribution in [0.1, 0.15) is 87.1 Å². The molecule has 1 aromatic rings. The lowest BCUT2D eigenvalue weighted by molar-refractivity contribution is -0.166. The molecule has 0 aliphatic heterocycles. The van der Waals surface area contributed by atoms with Gasteiger partial charge in [0.1, 0.15) is 18.2 Å². The van der Waals surface area contributed by atoms with Gasteiger partial charge in [-0.25, -0.2) is 0 Å². The summed E-state index contributed by atoms with van der Waals surface area (Å²) in [4.78, 5) is 49.0. The van der Waals surface area contributed by atoms with Gasteiger partial charge in [-0.3, -0.25) is 19.2 Å². The highest BCUT2D eigenvalue weighted by atomic mass is 16.6. The van der Waals surface area contributed by atoms with Gasteiger partial charge in [0.25, 0.3) is 0 Å². The van der Waals surface area contributed by atoms with E-state index in [1.807, 2.05) is 41.5 Å². The number of carbonyl (C=O) groups excluding carboxylic acids is 4. The summed E-state index contributed by atoms with van der Waals surface area (Å²) < 4.78 is 21.6. The number of nitrogens with two attached hydrogens (primary N) is 1. The third-order valence-electron chi connectivity index (χ3n) is 5.13. The van der Waals surface area contributed by atoms with Crippen LogP contribution in [0.3, 0.4) is 0 Å². The number of carbonyl (C=O) groups is 4. The van der Waals surface area contributed by atoms with Crippen molar-refractivity contribution >= 4 is 23.9 Å². The van der Waals surface area contributed by atoms with E-state index in [9.17, 15) is 19.2 Å². The molecular weight excluding hydrogens is 478 g/mol. The second-order valence-electron chi connectivity index (χ2n) is 11.7. The SMILES string of the molecule is CCC(=O)O[C@@H](C)[C@H](C)OC(=O)[C@@H](N)Cc1ccc(OC(=O)CC(C)(C)C)c(OC(=O)CC(C)(C)C)c1. The monoisotopic (exact) mass is 521 g/mol. The Hall–Kier alpha value is -2.94. The van der Waals surface area contributed by atoms with Gasteiger partial charge in [0.15, 0.2) is 11.5 Å². The van der Waals surface area contributed by atoms with Gasteiger partial charge in [0, 0.05) is 6.42 Å². The third kappa shape index (κ3) is 12.7. The van der Waals surface area contributed by atoms with Crippen LogP contribution in [0.15, 0.2) is 18.2 Å². The van der Waals surface area contributed by atoms with Crippen molar-refractivity contribution < 1.29 is 38.1 Å². The molecule has 1 aromatic carbocycles. The number of esters is 4. The Kier molecular flexibility index (Phi) is 11.8. The largest absolute Gasteiger partial charge is 0.459 e. The van der Waals surface area contributed by atoms with E-state index >= 15 is 0 Å². The molecule has 1 rings (SSSR count). The van der Waals surface area contributed by atoms with Crippen LogP contribution in [0.5, 0.6) is 11.5 Å². The maximum atomic E-state index is 12.5. The van der Waals surface area contributed by atoms with Crippen LogP contribution in [-0.4, -0.2) is 42.1 Å². The van der Waals surface area contributed by atoms with E-state index < -0.39 is 42.1 Å². The summed E-state index contributed by atoms with van der Waals surface area (Å²) in [7, 11) is 0. The molecule has 0 bridgehead atoms. The standard InChI is InChI=1S/C28H43NO8/c1-10-23(30)34-17(2)18(3)35-26(33)20(29)13-19-11-12-21(36-24(31)15-27(4,5)6)22(14-19)37-25(32)16-28(7,8)9/h11-12,14,17-18,20H,10,13,15-16,29H2,1-9H3/t17-,18-,20-/m0/s1. The van der Waals surface area contributed by atoms with E-state index in [0.717, 1.165) is 0 Å². The summed E-state index contributed by atoms with van der Waals surface area (Å²) in [5.41, 5.74) is 6.07. The van der Waals surface area contributed by atoms with Crippen LogP contribution in [0.4, 0.5) is 0 Å². The van der Waals surface area contributed by atoms with Crippen molar-refractivity contribution in [3.8, 4) is 11.5 Å². The van der Waals surface area contributed by atoms with Crippen LogP contribution in [0, 0.1) is 10.8 Å². The van der Waals surface area contributed by atoms with E-state index in [0.29, 0.717) is 5.56 Å². The highest BCUT2D eigenvalue weighted by Gasteiger charge is 2.26. The summed E-state index contributed by atoms with van der Waals surface area (Å²) >= 11 is 0. The van der Waals surface area contributed by atoms with Crippen molar-refractivity contribution in [3.05, 3.63) is 23.8 Å². The minimum absolute atomic E-state index is 0.0723. The number of rotatable bonds is 11. The molecule has 0 spiro atoms. The van der Waals surface area contributed by atoms with Crippen molar-refractivity contribution in [2.24, 2.45) is 16.6 Å². The maximum absolute atomic E-state index is 12.5. The van der Waals surface area contributed by atoms with Gasteiger partial charge >= 0.3 is 23.9 Å². The first-order chi connectivity index (χ1) is 16.9. The first-order valence-electron chi connectivity index (χ1n) is 12.6. The quantitative estimate of drug-likeness (QED) is 0.330. The van der Waals surface area contributed by atoms with Crippen molar-refractivity contribution in [3.63, 3.8) is 0 Å². The van der Waals surface area contributed by atoms with Gasteiger partial charge in [-0.15, -0.1) is 0 Å². The Balaban J connectivity index is 3.02. The molecule has 0 fully saturated rings. The Morgan fingerprint density at radius 3 is 1.76 bits per heavy atom. The Bertz CT molecular complexity index is 958. The van der Waals surface area contributed by atoms with Crippen molar-refractivity contribution in [1.82, 2.24) is 0 Å². The van der Waals surface area contributed by atoms with Crippen LogP contribution in [-0.2, 0) is 35.1 Å².